The molecule has 0 aromatic carbocycles. The van der Waals surface area contributed by atoms with Crippen LogP contribution in [0.5, 0.6) is 0 Å². The van der Waals surface area contributed by atoms with Crippen molar-refractivity contribution in [2.45, 2.75) is 56.3 Å². The summed E-state index contributed by atoms with van der Waals surface area (Å²) in [5.74, 6) is -0.0629. The molecule has 0 aromatic heterocycles. The summed E-state index contributed by atoms with van der Waals surface area (Å²) >= 11 is 0. The fourth-order valence-corrected chi connectivity index (χ4v) is 6.52. The number of carbonyl (C=O) groups is 2. The lowest BCUT2D eigenvalue weighted by Crippen LogP contribution is -2.61. The Kier molecular flexibility index (Phi) is 2.80. The standard InChI is InChI=1S/C18H23NO4/c20-16(14-12-1-2-13(23-12)15(14)17(21)22)19-18-6-9-3-10(7-18)5-11(4-9)8-18/h1-2,9-15H,3-8H2,(H,19,20)(H,21,22)/t9?,10?,11?,12-,13+,14-,15+,18?/m1/s1. The number of hydrogen-bond donors (Lipinski definition) is 2. The molecule has 4 aliphatic carbocycles. The van der Waals surface area contributed by atoms with Gasteiger partial charge in [-0.15, -0.1) is 0 Å². The number of aliphatic carboxylic acids is 1. The van der Waals surface area contributed by atoms with Crippen LogP contribution in [0.2, 0.25) is 0 Å². The number of hydrogen-bond acceptors (Lipinski definition) is 3. The minimum absolute atomic E-state index is 0.0690. The minimum atomic E-state index is -0.924. The third-order valence-corrected chi connectivity index (χ3v) is 6.91. The minimum Gasteiger partial charge on any atom is -0.481 e. The highest BCUT2D eigenvalue weighted by atomic mass is 16.5. The number of carboxylic acid groups (broad SMARTS) is 1. The van der Waals surface area contributed by atoms with Crippen molar-refractivity contribution in [2.24, 2.45) is 29.6 Å². The van der Waals surface area contributed by atoms with Crippen LogP contribution in [-0.4, -0.2) is 34.7 Å². The van der Waals surface area contributed by atoms with Gasteiger partial charge in [-0.1, -0.05) is 12.2 Å². The highest BCUT2D eigenvalue weighted by Gasteiger charge is 2.56. The predicted molar refractivity (Wildman–Crippen MR) is 81.5 cm³/mol. The fourth-order valence-electron chi connectivity index (χ4n) is 6.52. The average molecular weight is 317 g/mol. The van der Waals surface area contributed by atoms with Gasteiger partial charge in [-0.3, -0.25) is 9.59 Å². The zero-order chi connectivity index (χ0) is 15.8. The Labute approximate surface area is 135 Å². The summed E-state index contributed by atoms with van der Waals surface area (Å²) in [6.45, 7) is 0. The quantitative estimate of drug-likeness (QED) is 0.777. The topological polar surface area (TPSA) is 75.6 Å². The number of rotatable bonds is 3. The Bertz CT molecular complexity index is 563. The lowest BCUT2D eigenvalue weighted by Gasteiger charge is -2.57. The van der Waals surface area contributed by atoms with Gasteiger partial charge in [0, 0.05) is 5.54 Å². The Morgan fingerprint density at radius 1 is 0.957 bits per heavy atom. The number of amides is 1. The molecule has 6 bridgehead atoms. The van der Waals surface area contributed by atoms with Crippen LogP contribution < -0.4 is 5.32 Å². The molecule has 0 spiro atoms. The van der Waals surface area contributed by atoms with Crippen LogP contribution in [0.1, 0.15) is 38.5 Å². The molecule has 23 heavy (non-hydrogen) atoms. The maximum absolute atomic E-state index is 12.9. The monoisotopic (exact) mass is 317 g/mol. The van der Waals surface area contributed by atoms with E-state index in [1.54, 1.807) is 6.08 Å². The Morgan fingerprint density at radius 3 is 2.00 bits per heavy atom. The SMILES string of the molecule is O=C(O)[C@@H]1[C@H](C(=O)NC23CC4CC(CC(C4)C2)C3)[C@H]2C=C[C@@H]1O2. The molecule has 124 valence electrons. The zero-order valence-electron chi connectivity index (χ0n) is 13.1. The summed E-state index contributed by atoms with van der Waals surface area (Å²) < 4.78 is 5.65. The van der Waals surface area contributed by atoms with Crippen molar-refractivity contribution in [3.05, 3.63) is 12.2 Å². The molecule has 5 fully saturated rings. The summed E-state index contributed by atoms with van der Waals surface area (Å²) in [4.78, 5) is 24.5. The molecule has 2 aliphatic heterocycles. The van der Waals surface area contributed by atoms with E-state index in [0.29, 0.717) is 0 Å². The molecule has 4 atom stereocenters. The highest BCUT2D eigenvalue weighted by molar-refractivity contribution is 5.87. The molecule has 1 amide bonds. The highest BCUT2D eigenvalue weighted by Crippen LogP contribution is 2.56. The van der Waals surface area contributed by atoms with Gasteiger partial charge >= 0.3 is 5.97 Å². The first-order valence-electron chi connectivity index (χ1n) is 8.92. The van der Waals surface area contributed by atoms with Gasteiger partial charge < -0.3 is 15.2 Å². The lowest BCUT2D eigenvalue weighted by atomic mass is 9.53. The number of ether oxygens (including phenoxy) is 1. The summed E-state index contributed by atoms with van der Waals surface area (Å²) in [6, 6.07) is 0. The molecule has 6 rings (SSSR count). The van der Waals surface area contributed by atoms with E-state index in [0.717, 1.165) is 37.0 Å². The number of carbonyl (C=O) groups excluding carboxylic acids is 1. The van der Waals surface area contributed by atoms with Gasteiger partial charge in [0.2, 0.25) is 5.91 Å². The van der Waals surface area contributed by atoms with Gasteiger partial charge in [0.1, 0.15) is 5.92 Å². The molecule has 1 saturated heterocycles. The Hall–Kier alpha value is -1.36. The van der Waals surface area contributed by atoms with Crippen LogP contribution >= 0.6 is 0 Å². The number of fused-ring (bicyclic) bond motifs is 2. The normalized spacial score (nSPS) is 52.1. The average Bonchev–Trinajstić information content (AvgIpc) is 3.05. The molecule has 5 nitrogen and oxygen atoms in total. The van der Waals surface area contributed by atoms with Gasteiger partial charge in [-0.2, -0.15) is 0 Å². The van der Waals surface area contributed by atoms with Crippen molar-refractivity contribution in [2.75, 3.05) is 0 Å². The van der Waals surface area contributed by atoms with E-state index in [1.807, 2.05) is 6.08 Å². The largest absolute Gasteiger partial charge is 0.481 e. The molecule has 0 aromatic rings. The third kappa shape index (κ3) is 2.02. The zero-order valence-corrected chi connectivity index (χ0v) is 13.1. The van der Waals surface area contributed by atoms with Crippen molar-refractivity contribution in [3.8, 4) is 0 Å². The summed E-state index contributed by atoms with van der Waals surface area (Å²) in [6.07, 6.45) is 10.1. The first-order chi connectivity index (χ1) is 11.0. The van der Waals surface area contributed by atoms with Crippen LogP contribution in [0.3, 0.4) is 0 Å². The fraction of sp³-hybridized carbons (Fsp3) is 0.778. The van der Waals surface area contributed by atoms with E-state index in [1.165, 1.54) is 19.3 Å². The van der Waals surface area contributed by atoms with E-state index in [2.05, 4.69) is 5.32 Å². The molecular weight excluding hydrogens is 294 g/mol. The van der Waals surface area contributed by atoms with E-state index in [-0.39, 0.29) is 17.6 Å². The Morgan fingerprint density at radius 2 is 1.48 bits per heavy atom. The van der Waals surface area contributed by atoms with E-state index >= 15 is 0 Å². The van der Waals surface area contributed by atoms with Crippen LogP contribution in [0, 0.1) is 29.6 Å². The molecule has 0 radical (unpaired) electrons. The molecule has 0 unspecified atom stereocenters. The second kappa shape index (κ2) is 4.59. The Balaban J connectivity index is 1.37. The van der Waals surface area contributed by atoms with Crippen LogP contribution in [0.25, 0.3) is 0 Å². The van der Waals surface area contributed by atoms with Gasteiger partial charge in [0.25, 0.3) is 0 Å². The van der Waals surface area contributed by atoms with Gasteiger partial charge in [0.15, 0.2) is 0 Å². The van der Waals surface area contributed by atoms with Crippen LogP contribution in [-0.2, 0) is 14.3 Å². The lowest BCUT2D eigenvalue weighted by molar-refractivity contribution is -0.148. The third-order valence-electron chi connectivity index (χ3n) is 6.91. The van der Waals surface area contributed by atoms with Crippen molar-refractivity contribution >= 4 is 11.9 Å². The number of nitrogens with one attached hydrogen (secondary N) is 1. The van der Waals surface area contributed by atoms with E-state index in [4.69, 9.17) is 4.74 Å². The molecule has 4 saturated carbocycles. The second-order valence-corrected chi connectivity index (χ2v) is 8.53. The smallest absolute Gasteiger partial charge is 0.310 e. The molecule has 2 N–H and O–H groups in total. The first kappa shape index (κ1) is 14.0. The van der Waals surface area contributed by atoms with Gasteiger partial charge in [0.05, 0.1) is 18.1 Å². The molecule has 6 aliphatic rings. The molecule has 2 heterocycles. The molecular formula is C18H23NO4. The van der Waals surface area contributed by atoms with Crippen molar-refractivity contribution in [3.63, 3.8) is 0 Å². The number of carboxylic acids is 1. The van der Waals surface area contributed by atoms with Crippen LogP contribution in [0.4, 0.5) is 0 Å². The first-order valence-corrected chi connectivity index (χ1v) is 8.92. The summed E-state index contributed by atoms with van der Waals surface area (Å²) in [5.41, 5.74) is -0.0690. The van der Waals surface area contributed by atoms with Crippen molar-refractivity contribution < 1.29 is 19.4 Å². The van der Waals surface area contributed by atoms with Crippen molar-refractivity contribution in [1.29, 1.82) is 0 Å². The van der Waals surface area contributed by atoms with Crippen molar-refractivity contribution in [1.82, 2.24) is 5.32 Å². The molecule has 5 heteroatoms. The predicted octanol–water partition coefficient (Wildman–Crippen LogP) is 1.73. The van der Waals surface area contributed by atoms with Crippen LogP contribution in [0.15, 0.2) is 12.2 Å². The second-order valence-electron chi connectivity index (χ2n) is 8.53. The summed E-state index contributed by atoms with van der Waals surface area (Å²) in [7, 11) is 0. The van der Waals surface area contributed by atoms with Gasteiger partial charge in [-0.25, -0.2) is 0 Å². The van der Waals surface area contributed by atoms with Gasteiger partial charge in [-0.05, 0) is 56.3 Å². The maximum Gasteiger partial charge on any atom is 0.310 e. The summed E-state index contributed by atoms with van der Waals surface area (Å²) in [5, 5.41) is 12.8. The maximum atomic E-state index is 12.9. The van der Waals surface area contributed by atoms with E-state index in [9.17, 15) is 14.7 Å². The van der Waals surface area contributed by atoms with E-state index < -0.39 is 23.9 Å².